The molecule has 0 amide bonds. The summed E-state index contributed by atoms with van der Waals surface area (Å²) in [4.78, 5) is 11.2. The first-order valence-corrected chi connectivity index (χ1v) is 8.41. The zero-order valence-corrected chi connectivity index (χ0v) is 13.6. The van der Waals surface area contributed by atoms with Gasteiger partial charge in [0.1, 0.15) is 0 Å². The van der Waals surface area contributed by atoms with Gasteiger partial charge in [0.25, 0.3) is 0 Å². The van der Waals surface area contributed by atoms with Crippen molar-refractivity contribution in [3.05, 3.63) is 36.5 Å². The van der Waals surface area contributed by atoms with Crippen LogP contribution in [-0.2, 0) is 9.53 Å². The summed E-state index contributed by atoms with van der Waals surface area (Å²) in [5.74, 6) is -0.0574. The van der Waals surface area contributed by atoms with E-state index in [1.165, 1.54) is 12.8 Å². The van der Waals surface area contributed by atoms with Crippen LogP contribution in [0.1, 0.15) is 65.2 Å². The van der Waals surface area contributed by atoms with E-state index in [1.807, 2.05) is 6.92 Å². The molecule has 21 heavy (non-hydrogen) atoms. The molecule has 0 saturated carbocycles. The van der Waals surface area contributed by atoms with Gasteiger partial charge in [0.05, 0.1) is 6.61 Å². The summed E-state index contributed by atoms with van der Waals surface area (Å²) >= 11 is 0. The van der Waals surface area contributed by atoms with Crippen molar-refractivity contribution in [2.45, 2.75) is 65.2 Å². The molecule has 0 heterocycles. The molecule has 0 N–H and O–H groups in total. The minimum absolute atomic E-state index is 0.0574. The molecule has 1 rings (SSSR count). The molecule has 0 radical (unpaired) electrons. The first-order chi connectivity index (χ1) is 10.2. The van der Waals surface area contributed by atoms with Gasteiger partial charge in [-0.1, -0.05) is 62.6 Å². The van der Waals surface area contributed by atoms with E-state index in [-0.39, 0.29) is 11.4 Å². The maximum absolute atomic E-state index is 11.2. The fourth-order valence-electron chi connectivity index (χ4n) is 2.69. The number of carbonyl (C=O) groups is 1. The van der Waals surface area contributed by atoms with E-state index in [2.05, 4.69) is 43.4 Å². The molecule has 0 fully saturated rings. The van der Waals surface area contributed by atoms with E-state index < -0.39 is 0 Å². The third kappa shape index (κ3) is 7.31. The number of rotatable bonds is 10. The number of allylic oxidation sites excluding steroid dienone is 6. The average molecular weight is 290 g/mol. The highest BCUT2D eigenvalue weighted by Crippen LogP contribution is 2.33. The summed E-state index contributed by atoms with van der Waals surface area (Å²) in [6.45, 7) is 4.52. The Morgan fingerprint density at radius 1 is 1.14 bits per heavy atom. The molecular formula is C19H30O2. The largest absolute Gasteiger partial charge is 0.466 e. The normalized spacial score (nSPS) is 16.5. The SMILES string of the molecule is CC/C=C\C1(CCCCCCC(=O)OCC)C=CCC=C1. The van der Waals surface area contributed by atoms with Gasteiger partial charge in [-0.15, -0.1) is 0 Å². The summed E-state index contributed by atoms with van der Waals surface area (Å²) in [6.07, 6.45) is 22.1. The number of unbranched alkanes of at least 4 members (excludes halogenated alkanes) is 3. The van der Waals surface area contributed by atoms with Crippen LogP contribution in [-0.4, -0.2) is 12.6 Å². The lowest BCUT2D eigenvalue weighted by molar-refractivity contribution is -0.143. The van der Waals surface area contributed by atoms with Crippen molar-refractivity contribution in [3.63, 3.8) is 0 Å². The van der Waals surface area contributed by atoms with E-state index in [0.717, 1.165) is 32.1 Å². The zero-order valence-electron chi connectivity index (χ0n) is 13.6. The van der Waals surface area contributed by atoms with Gasteiger partial charge in [0.2, 0.25) is 0 Å². The second-order valence-electron chi connectivity index (χ2n) is 5.68. The number of carbonyl (C=O) groups excluding carboxylic acids is 1. The summed E-state index contributed by atoms with van der Waals surface area (Å²) in [7, 11) is 0. The van der Waals surface area contributed by atoms with Crippen LogP contribution in [0, 0.1) is 5.41 Å². The Hall–Kier alpha value is -1.31. The van der Waals surface area contributed by atoms with Gasteiger partial charge < -0.3 is 4.74 Å². The summed E-state index contributed by atoms with van der Waals surface area (Å²) in [6, 6.07) is 0. The second kappa shape index (κ2) is 10.4. The highest BCUT2D eigenvalue weighted by Gasteiger charge is 2.20. The first-order valence-electron chi connectivity index (χ1n) is 8.41. The van der Waals surface area contributed by atoms with Gasteiger partial charge >= 0.3 is 5.97 Å². The highest BCUT2D eigenvalue weighted by atomic mass is 16.5. The highest BCUT2D eigenvalue weighted by molar-refractivity contribution is 5.69. The van der Waals surface area contributed by atoms with Crippen molar-refractivity contribution < 1.29 is 9.53 Å². The average Bonchev–Trinajstić information content (AvgIpc) is 2.50. The van der Waals surface area contributed by atoms with E-state index in [0.29, 0.717) is 13.0 Å². The van der Waals surface area contributed by atoms with Crippen molar-refractivity contribution >= 4 is 5.97 Å². The van der Waals surface area contributed by atoms with E-state index in [4.69, 9.17) is 4.74 Å². The minimum Gasteiger partial charge on any atom is -0.466 e. The quantitative estimate of drug-likeness (QED) is 0.307. The van der Waals surface area contributed by atoms with Gasteiger partial charge in [0.15, 0.2) is 0 Å². The fourth-order valence-corrected chi connectivity index (χ4v) is 2.69. The van der Waals surface area contributed by atoms with Crippen molar-refractivity contribution in [2.75, 3.05) is 6.61 Å². The molecule has 0 unspecified atom stereocenters. The Kier molecular flexibility index (Phi) is 8.80. The van der Waals surface area contributed by atoms with Crippen LogP contribution in [0.25, 0.3) is 0 Å². The monoisotopic (exact) mass is 290 g/mol. The predicted octanol–water partition coefficient (Wildman–Crippen LogP) is 5.36. The van der Waals surface area contributed by atoms with E-state index in [9.17, 15) is 4.79 Å². The molecule has 2 nitrogen and oxygen atoms in total. The fraction of sp³-hybridized carbons (Fsp3) is 0.632. The van der Waals surface area contributed by atoms with Crippen LogP contribution in [0.2, 0.25) is 0 Å². The van der Waals surface area contributed by atoms with Gasteiger partial charge in [-0.3, -0.25) is 4.79 Å². The molecule has 1 aliphatic rings. The van der Waals surface area contributed by atoms with Crippen LogP contribution in [0.15, 0.2) is 36.5 Å². The smallest absolute Gasteiger partial charge is 0.305 e. The van der Waals surface area contributed by atoms with Crippen LogP contribution < -0.4 is 0 Å². The number of hydrogen-bond donors (Lipinski definition) is 0. The number of hydrogen-bond acceptors (Lipinski definition) is 2. The third-order valence-electron chi connectivity index (χ3n) is 3.84. The standard InChI is InChI=1S/C19H30O2/c1-3-5-14-19(16-11-8-12-17-19)15-10-7-6-9-13-18(20)21-4-2/h5,11-12,14,16-17H,3-4,6-10,13,15H2,1-2H3/b14-5-. The topological polar surface area (TPSA) is 26.3 Å². The van der Waals surface area contributed by atoms with E-state index >= 15 is 0 Å². The molecule has 118 valence electrons. The summed E-state index contributed by atoms with van der Waals surface area (Å²) in [5, 5.41) is 0. The van der Waals surface area contributed by atoms with Gasteiger partial charge in [0, 0.05) is 11.8 Å². The molecule has 0 bridgehead atoms. The molecule has 0 aliphatic heterocycles. The lowest BCUT2D eigenvalue weighted by Crippen LogP contribution is -2.13. The molecule has 0 aromatic carbocycles. The Morgan fingerprint density at radius 2 is 1.86 bits per heavy atom. The van der Waals surface area contributed by atoms with Crippen LogP contribution in [0.3, 0.4) is 0 Å². The van der Waals surface area contributed by atoms with Gasteiger partial charge in [-0.05, 0) is 32.6 Å². The maximum Gasteiger partial charge on any atom is 0.305 e. The molecular weight excluding hydrogens is 260 g/mol. The van der Waals surface area contributed by atoms with Crippen molar-refractivity contribution in [3.8, 4) is 0 Å². The molecule has 1 aliphatic carbocycles. The lowest BCUT2D eigenvalue weighted by atomic mass is 9.79. The third-order valence-corrected chi connectivity index (χ3v) is 3.84. The number of esters is 1. The molecule has 0 spiro atoms. The van der Waals surface area contributed by atoms with Crippen LogP contribution in [0.5, 0.6) is 0 Å². The Bertz CT molecular complexity index is 365. The predicted molar refractivity (Wildman–Crippen MR) is 89.1 cm³/mol. The minimum atomic E-state index is -0.0574. The van der Waals surface area contributed by atoms with Crippen LogP contribution >= 0.6 is 0 Å². The van der Waals surface area contributed by atoms with Crippen LogP contribution in [0.4, 0.5) is 0 Å². The van der Waals surface area contributed by atoms with Crippen molar-refractivity contribution in [1.82, 2.24) is 0 Å². The number of ether oxygens (including phenoxy) is 1. The maximum atomic E-state index is 11.2. The lowest BCUT2D eigenvalue weighted by Gasteiger charge is -2.26. The summed E-state index contributed by atoms with van der Waals surface area (Å²) in [5.41, 5.74) is 0.134. The zero-order chi connectivity index (χ0) is 15.4. The van der Waals surface area contributed by atoms with Gasteiger partial charge in [-0.25, -0.2) is 0 Å². The summed E-state index contributed by atoms with van der Waals surface area (Å²) < 4.78 is 4.94. The van der Waals surface area contributed by atoms with E-state index in [1.54, 1.807) is 0 Å². The van der Waals surface area contributed by atoms with Gasteiger partial charge in [-0.2, -0.15) is 0 Å². The molecule has 0 atom stereocenters. The van der Waals surface area contributed by atoms with Crippen molar-refractivity contribution in [1.29, 1.82) is 0 Å². The Morgan fingerprint density at radius 3 is 2.52 bits per heavy atom. The molecule has 0 saturated heterocycles. The second-order valence-corrected chi connectivity index (χ2v) is 5.68. The molecule has 2 heteroatoms. The molecule has 0 aromatic rings. The first kappa shape index (κ1) is 17.7. The Labute approximate surface area is 130 Å². The van der Waals surface area contributed by atoms with Crippen molar-refractivity contribution in [2.24, 2.45) is 5.41 Å². The molecule has 0 aromatic heterocycles. The Balaban J connectivity index is 2.24.